The maximum atomic E-state index is 11.3. The average Bonchev–Trinajstić information content (AvgIpc) is 2.28. The van der Waals surface area contributed by atoms with Crippen LogP contribution in [0, 0.1) is 0 Å². The van der Waals surface area contributed by atoms with E-state index in [4.69, 9.17) is 5.11 Å². The zero-order valence-electron chi connectivity index (χ0n) is 9.15. The van der Waals surface area contributed by atoms with Gasteiger partial charge in [0.2, 0.25) is 5.91 Å². The van der Waals surface area contributed by atoms with Crippen molar-refractivity contribution in [2.75, 3.05) is 6.61 Å². The standard InChI is InChI=1S/C12H17NO3/c14-8-4-3-7-12(16)13-9-10-5-1-2-6-11(10)15/h1-2,5-6,14-15H,3-4,7-9H2,(H,13,16). The Kier molecular flexibility index (Phi) is 5.36. The lowest BCUT2D eigenvalue weighted by atomic mass is 10.2. The average molecular weight is 223 g/mol. The number of rotatable bonds is 6. The number of carbonyl (C=O) groups excluding carboxylic acids is 1. The van der Waals surface area contributed by atoms with Crippen LogP contribution in [0.15, 0.2) is 24.3 Å². The Morgan fingerprint density at radius 2 is 2.00 bits per heavy atom. The van der Waals surface area contributed by atoms with E-state index in [-0.39, 0.29) is 18.3 Å². The maximum absolute atomic E-state index is 11.3. The number of carbonyl (C=O) groups is 1. The van der Waals surface area contributed by atoms with Crippen LogP contribution in [0.3, 0.4) is 0 Å². The Morgan fingerprint density at radius 3 is 2.69 bits per heavy atom. The van der Waals surface area contributed by atoms with Crippen molar-refractivity contribution in [1.82, 2.24) is 5.32 Å². The Balaban J connectivity index is 2.29. The first-order chi connectivity index (χ1) is 7.74. The first-order valence-corrected chi connectivity index (χ1v) is 5.38. The van der Waals surface area contributed by atoms with Crippen molar-refractivity contribution in [3.63, 3.8) is 0 Å². The second kappa shape index (κ2) is 6.85. The van der Waals surface area contributed by atoms with Gasteiger partial charge in [0.05, 0.1) is 0 Å². The number of para-hydroxylation sites is 1. The Labute approximate surface area is 94.9 Å². The number of benzene rings is 1. The summed E-state index contributed by atoms with van der Waals surface area (Å²) >= 11 is 0. The molecule has 1 aromatic carbocycles. The SMILES string of the molecule is O=C(CCCCO)NCc1ccccc1O. The lowest BCUT2D eigenvalue weighted by Crippen LogP contribution is -2.22. The molecule has 0 aliphatic carbocycles. The van der Waals surface area contributed by atoms with Crippen LogP contribution in [0.2, 0.25) is 0 Å². The number of aromatic hydroxyl groups is 1. The summed E-state index contributed by atoms with van der Waals surface area (Å²) in [6.07, 6.45) is 1.74. The van der Waals surface area contributed by atoms with Crippen molar-refractivity contribution in [3.05, 3.63) is 29.8 Å². The summed E-state index contributed by atoms with van der Waals surface area (Å²) in [5.41, 5.74) is 0.706. The summed E-state index contributed by atoms with van der Waals surface area (Å²) in [5.74, 6) is 0.134. The zero-order chi connectivity index (χ0) is 11.8. The third kappa shape index (κ3) is 4.31. The van der Waals surface area contributed by atoms with E-state index in [9.17, 15) is 9.90 Å². The number of hydrogen-bond donors (Lipinski definition) is 3. The molecule has 0 aliphatic rings. The fraction of sp³-hybridized carbons (Fsp3) is 0.417. The smallest absolute Gasteiger partial charge is 0.220 e. The summed E-state index contributed by atoms with van der Waals surface area (Å²) < 4.78 is 0. The molecule has 1 aromatic rings. The van der Waals surface area contributed by atoms with Crippen molar-refractivity contribution < 1.29 is 15.0 Å². The first kappa shape index (κ1) is 12.5. The van der Waals surface area contributed by atoms with Gasteiger partial charge in [0.15, 0.2) is 0 Å². The van der Waals surface area contributed by atoms with Crippen LogP contribution < -0.4 is 5.32 Å². The van der Waals surface area contributed by atoms with E-state index in [0.717, 1.165) is 0 Å². The van der Waals surface area contributed by atoms with E-state index in [1.165, 1.54) is 0 Å². The molecule has 0 aliphatic heterocycles. The fourth-order valence-corrected chi connectivity index (χ4v) is 1.34. The fourth-order valence-electron chi connectivity index (χ4n) is 1.34. The van der Waals surface area contributed by atoms with Crippen LogP contribution in [0.25, 0.3) is 0 Å². The van der Waals surface area contributed by atoms with Gasteiger partial charge in [-0.05, 0) is 18.9 Å². The van der Waals surface area contributed by atoms with Gasteiger partial charge in [-0.2, -0.15) is 0 Å². The second-order valence-corrected chi connectivity index (χ2v) is 3.59. The molecular formula is C12H17NO3. The van der Waals surface area contributed by atoms with Gasteiger partial charge in [0, 0.05) is 25.1 Å². The topological polar surface area (TPSA) is 69.6 Å². The van der Waals surface area contributed by atoms with E-state index >= 15 is 0 Å². The number of aliphatic hydroxyl groups is 1. The van der Waals surface area contributed by atoms with Crippen molar-refractivity contribution in [2.45, 2.75) is 25.8 Å². The van der Waals surface area contributed by atoms with Gasteiger partial charge in [-0.15, -0.1) is 0 Å². The van der Waals surface area contributed by atoms with Gasteiger partial charge in [-0.3, -0.25) is 4.79 Å². The summed E-state index contributed by atoms with van der Waals surface area (Å²) in [7, 11) is 0. The molecule has 1 rings (SSSR count). The Hall–Kier alpha value is -1.55. The van der Waals surface area contributed by atoms with E-state index < -0.39 is 0 Å². The molecule has 0 atom stereocenters. The van der Waals surface area contributed by atoms with Gasteiger partial charge in [-0.25, -0.2) is 0 Å². The zero-order valence-corrected chi connectivity index (χ0v) is 9.15. The second-order valence-electron chi connectivity index (χ2n) is 3.59. The number of aliphatic hydroxyl groups excluding tert-OH is 1. The molecule has 88 valence electrons. The molecule has 4 nitrogen and oxygen atoms in total. The number of hydrogen-bond acceptors (Lipinski definition) is 3. The van der Waals surface area contributed by atoms with Crippen molar-refractivity contribution >= 4 is 5.91 Å². The summed E-state index contributed by atoms with van der Waals surface area (Å²) in [4.78, 5) is 11.3. The molecule has 0 bridgehead atoms. The van der Waals surface area contributed by atoms with Crippen LogP contribution in [-0.4, -0.2) is 22.7 Å². The molecule has 0 saturated carbocycles. The summed E-state index contributed by atoms with van der Waals surface area (Å²) in [6, 6.07) is 6.91. The normalized spacial score (nSPS) is 10.1. The van der Waals surface area contributed by atoms with E-state index in [1.54, 1.807) is 18.2 Å². The molecule has 0 spiro atoms. The molecule has 3 N–H and O–H groups in total. The number of unbranched alkanes of at least 4 members (excludes halogenated alkanes) is 1. The predicted molar refractivity (Wildman–Crippen MR) is 60.9 cm³/mol. The first-order valence-electron chi connectivity index (χ1n) is 5.38. The van der Waals surface area contributed by atoms with Gasteiger partial charge >= 0.3 is 0 Å². The molecule has 4 heteroatoms. The van der Waals surface area contributed by atoms with Crippen molar-refractivity contribution in [1.29, 1.82) is 0 Å². The number of amides is 1. The van der Waals surface area contributed by atoms with Crippen molar-refractivity contribution in [2.24, 2.45) is 0 Å². The Morgan fingerprint density at radius 1 is 1.25 bits per heavy atom. The van der Waals surface area contributed by atoms with Gasteiger partial charge in [0.25, 0.3) is 0 Å². The molecule has 0 heterocycles. The monoisotopic (exact) mass is 223 g/mol. The van der Waals surface area contributed by atoms with Crippen LogP contribution in [0.1, 0.15) is 24.8 Å². The van der Waals surface area contributed by atoms with Gasteiger partial charge in [-0.1, -0.05) is 18.2 Å². The highest BCUT2D eigenvalue weighted by Crippen LogP contribution is 2.14. The largest absolute Gasteiger partial charge is 0.508 e. The molecule has 1 amide bonds. The summed E-state index contributed by atoms with van der Waals surface area (Å²) in [6.45, 7) is 0.456. The highest BCUT2D eigenvalue weighted by molar-refractivity contribution is 5.75. The minimum Gasteiger partial charge on any atom is -0.508 e. The highest BCUT2D eigenvalue weighted by atomic mass is 16.3. The van der Waals surface area contributed by atoms with Crippen LogP contribution in [0.5, 0.6) is 5.75 Å². The molecule has 0 unspecified atom stereocenters. The minimum atomic E-state index is -0.0586. The third-order valence-electron chi connectivity index (χ3n) is 2.28. The van der Waals surface area contributed by atoms with Crippen LogP contribution in [0.4, 0.5) is 0 Å². The highest BCUT2D eigenvalue weighted by Gasteiger charge is 2.03. The number of phenols is 1. The van der Waals surface area contributed by atoms with Gasteiger partial charge < -0.3 is 15.5 Å². The molecule has 0 radical (unpaired) electrons. The van der Waals surface area contributed by atoms with E-state index in [1.807, 2.05) is 6.07 Å². The molecule has 0 saturated heterocycles. The molecule has 16 heavy (non-hydrogen) atoms. The Bertz CT molecular complexity index is 339. The molecule has 0 fully saturated rings. The van der Waals surface area contributed by atoms with Gasteiger partial charge in [0.1, 0.15) is 5.75 Å². The quantitative estimate of drug-likeness (QED) is 0.634. The van der Waals surface area contributed by atoms with Crippen LogP contribution in [-0.2, 0) is 11.3 Å². The van der Waals surface area contributed by atoms with Crippen molar-refractivity contribution in [3.8, 4) is 5.75 Å². The summed E-state index contributed by atoms with van der Waals surface area (Å²) in [5, 5.41) is 20.7. The minimum absolute atomic E-state index is 0.0586. The maximum Gasteiger partial charge on any atom is 0.220 e. The van der Waals surface area contributed by atoms with Crippen LogP contribution >= 0.6 is 0 Å². The molecular weight excluding hydrogens is 206 g/mol. The van der Waals surface area contributed by atoms with E-state index in [2.05, 4.69) is 5.32 Å². The number of nitrogens with one attached hydrogen (secondary N) is 1. The lowest BCUT2D eigenvalue weighted by Gasteiger charge is -2.06. The van der Waals surface area contributed by atoms with E-state index in [0.29, 0.717) is 31.4 Å². The lowest BCUT2D eigenvalue weighted by molar-refractivity contribution is -0.121. The number of phenolic OH excluding ortho intramolecular Hbond substituents is 1. The third-order valence-corrected chi connectivity index (χ3v) is 2.28. The molecule has 0 aromatic heterocycles. The predicted octanol–water partition coefficient (Wildman–Crippen LogP) is 1.17.